The molecule has 0 bridgehead atoms. The molecule has 1 amide bonds. The van der Waals surface area contributed by atoms with E-state index in [-0.39, 0.29) is 5.70 Å². The van der Waals surface area contributed by atoms with Gasteiger partial charge in [-0.1, -0.05) is 65.8 Å². The predicted octanol–water partition coefficient (Wildman–Crippen LogP) is 5.35. The van der Waals surface area contributed by atoms with E-state index in [2.05, 4.69) is 5.32 Å². The van der Waals surface area contributed by atoms with Crippen molar-refractivity contribution in [3.05, 3.63) is 101 Å². The van der Waals surface area contributed by atoms with Crippen molar-refractivity contribution in [1.29, 1.82) is 0 Å². The van der Waals surface area contributed by atoms with Gasteiger partial charge in [-0.15, -0.1) is 0 Å². The van der Waals surface area contributed by atoms with Gasteiger partial charge in [-0.2, -0.15) is 0 Å². The van der Waals surface area contributed by atoms with Crippen molar-refractivity contribution in [3.63, 3.8) is 0 Å². The first-order valence-corrected chi connectivity index (χ1v) is 9.56. The highest BCUT2D eigenvalue weighted by atomic mass is 35.5. The third-order valence-electron chi connectivity index (χ3n) is 3.77. The van der Waals surface area contributed by atoms with Crippen LogP contribution in [0.4, 0.5) is 0 Å². The van der Waals surface area contributed by atoms with Crippen LogP contribution in [-0.4, -0.2) is 17.0 Å². The van der Waals surface area contributed by atoms with Crippen LogP contribution in [0.25, 0.3) is 6.08 Å². The molecule has 0 fully saturated rings. The molecule has 28 heavy (non-hydrogen) atoms. The van der Waals surface area contributed by atoms with Crippen LogP contribution < -0.4 is 5.32 Å². The lowest BCUT2D eigenvalue weighted by atomic mass is 10.1. The Bertz CT molecular complexity index is 1020. The molecule has 4 nitrogen and oxygen atoms in total. The fourth-order valence-corrected chi connectivity index (χ4v) is 3.48. The number of carboxylic acid groups (broad SMARTS) is 1. The maximum atomic E-state index is 12.2. The molecule has 3 rings (SSSR count). The molecule has 0 unspecified atom stereocenters. The van der Waals surface area contributed by atoms with E-state index < -0.39 is 11.9 Å². The molecular weight excluding hydrogens is 394 g/mol. The van der Waals surface area contributed by atoms with Crippen molar-refractivity contribution in [2.24, 2.45) is 0 Å². The minimum Gasteiger partial charge on any atom is -0.477 e. The van der Waals surface area contributed by atoms with E-state index in [4.69, 9.17) is 11.6 Å². The average Bonchev–Trinajstić information content (AvgIpc) is 2.71. The summed E-state index contributed by atoms with van der Waals surface area (Å²) < 4.78 is 0. The summed E-state index contributed by atoms with van der Waals surface area (Å²) in [5.74, 6) is -1.68. The second kappa shape index (κ2) is 9.26. The molecule has 2 N–H and O–H groups in total. The fraction of sp³-hybridized carbons (Fsp3) is 0. The van der Waals surface area contributed by atoms with Gasteiger partial charge in [0.05, 0.1) is 5.02 Å². The molecule has 0 saturated heterocycles. The number of benzene rings is 3. The van der Waals surface area contributed by atoms with E-state index in [9.17, 15) is 14.7 Å². The zero-order valence-electron chi connectivity index (χ0n) is 14.6. The molecule has 3 aromatic carbocycles. The van der Waals surface area contributed by atoms with Crippen LogP contribution >= 0.6 is 23.4 Å². The summed E-state index contributed by atoms with van der Waals surface area (Å²) in [5.41, 5.74) is 0.857. The van der Waals surface area contributed by atoms with E-state index in [0.717, 1.165) is 9.79 Å². The van der Waals surface area contributed by atoms with E-state index in [0.29, 0.717) is 16.1 Å². The van der Waals surface area contributed by atoms with E-state index in [1.54, 1.807) is 42.5 Å². The summed E-state index contributed by atoms with van der Waals surface area (Å²) in [6.07, 6.45) is 1.42. The molecule has 0 saturated carbocycles. The lowest BCUT2D eigenvalue weighted by Gasteiger charge is -2.07. The highest BCUT2D eigenvalue weighted by molar-refractivity contribution is 7.99. The van der Waals surface area contributed by atoms with Crippen LogP contribution in [0.2, 0.25) is 5.02 Å². The third-order valence-corrected chi connectivity index (χ3v) is 5.30. The Morgan fingerprint density at radius 1 is 0.893 bits per heavy atom. The third kappa shape index (κ3) is 5.25. The summed E-state index contributed by atoms with van der Waals surface area (Å²) in [4.78, 5) is 25.6. The Balaban J connectivity index is 1.75. The predicted molar refractivity (Wildman–Crippen MR) is 112 cm³/mol. The van der Waals surface area contributed by atoms with E-state index in [1.165, 1.54) is 17.8 Å². The van der Waals surface area contributed by atoms with Gasteiger partial charge in [0.1, 0.15) is 5.70 Å². The maximum Gasteiger partial charge on any atom is 0.352 e. The first-order chi connectivity index (χ1) is 13.5. The monoisotopic (exact) mass is 409 g/mol. The molecular formula is C22H16ClNO3S. The zero-order chi connectivity index (χ0) is 19.9. The molecule has 0 aromatic heterocycles. The van der Waals surface area contributed by atoms with Crippen LogP contribution in [0.1, 0.15) is 15.9 Å². The number of aliphatic carboxylic acids is 1. The van der Waals surface area contributed by atoms with Crippen molar-refractivity contribution >= 4 is 41.3 Å². The maximum absolute atomic E-state index is 12.2. The van der Waals surface area contributed by atoms with Crippen molar-refractivity contribution in [2.75, 3.05) is 0 Å². The van der Waals surface area contributed by atoms with Crippen LogP contribution in [0.5, 0.6) is 0 Å². The fourth-order valence-electron chi connectivity index (χ4n) is 2.39. The molecule has 140 valence electrons. The van der Waals surface area contributed by atoms with Crippen LogP contribution in [0.15, 0.2) is 94.4 Å². The summed E-state index contributed by atoms with van der Waals surface area (Å²) in [6, 6.07) is 23.3. The van der Waals surface area contributed by atoms with Gasteiger partial charge in [0.2, 0.25) is 0 Å². The first kappa shape index (κ1) is 19.7. The van der Waals surface area contributed by atoms with Gasteiger partial charge < -0.3 is 10.4 Å². The summed E-state index contributed by atoms with van der Waals surface area (Å²) in [6.45, 7) is 0. The lowest BCUT2D eigenvalue weighted by Crippen LogP contribution is -2.27. The summed E-state index contributed by atoms with van der Waals surface area (Å²) in [7, 11) is 0. The van der Waals surface area contributed by atoms with Gasteiger partial charge in [-0.3, -0.25) is 4.79 Å². The SMILES string of the molecule is O=C(O)/C(=C\c1ccc(Sc2ccccc2Cl)cc1)NC(=O)c1ccccc1. The second-order valence-corrected chi connectivity index (χ2v) is 7.31. The van der Waals surface area contributed by atoms with Gasteiger partial charge in [0.15, 0.2) is 0 Å². The van der Waals surface area contributed by atoms with E-state index >= 15 is 0 Å². The quantitative estimate of drug-likeness (QED) is 0.539. The van der Waals surface area contributed by atoms with Crippen molar-refractivity contribution in [1.82, 2.24) is 5.32 Å². The minimum atomic E-state index is -1.21. The summed E-state index contributed by atoms with van der Waals surface area (Å²) in [5, 5.41) is 12.5. The highest BCUT2D eigenvalue weighted by Crippen LogP contribution is 2.33. The number of nitrogens with one attached hydrogen (secondary N) is 1. The van der Waals surface area contributed by atoms with Crippen LogP contribution in [0, 0.1) is 0 Å². The number of rotatable bonds is 6. The molecule has 0 spiro atoms. The van der Waals surface area contributed by atoms with Crippen molar-refractivity contribution in [3.8, 4) is 0 Å². The number of amides is 1. The summed E-state index contributed by atoms with van der Waals surface area (Å²) >= 11 is 7.69. The largest absolute Gasteiger partial charge is 0.477 e. The number of carbonyl (C=O) groups excluding carboxylic acids is 1. The van der Waals surface area contributed by atoms with Gasteiger partial charge in [-0.25, -0.2) is 4.79 Å². The van der Waals surface area contributed by atoms with Gasteiger partial charge >= 0.3 is 5.97 Å². The molecule has 0 radical (unpaired) electrons. The molecule has 3 aromatic rings. The van der Waals surface area contributed by atoms with E-state index in [1.807, 2.05) is 36.4 Å². The smallest absolute Gasteiger partial charge is 0.352 e. The molecule has 0 atom stereocenters. The lowest BCUT2D eigenvalue weighted by molar-refractivity contribution is -0.132. The molecule has 0 aliphatic rings. The molecule has 6 heteroatoms. The van der Waals surface area contributed by atoms with Gasteiger partial charge in [0.25, 0.3) is 5.91 Å². The molecule has 0 aliphatic carbocycles. The first-order valence-electron chi connectivity index (χ1n) is 8.37. The Morgan fingerprint density at radius 3 is 2.18 bits per heavy atom. The average molecular weight is 410 g/mol. The van der Waals surface area contributed by atoms with Crippen LogP contribution in [0.3, 0.4) is 0 Å². The number of carbonyl (C=O) groups is 2. The Kier molecular flexibility index (Phi) is 6.53. The highest BCUT2D eigenvalue weighted by Gasteiger charge is 2.13. The number of hydrogen-bond acceptors (Lipinski definition) is 3. The zero-order valence-corrected chi connectivity index (χ0v) is 16.2. The number of carboxylic acids is 1. The van der Waals surface area contributed by atoms with Crippen molar-refractivity contribution in [2.45, 2.75) is 9.79 Å². The molecule has 0 heterocycles. The standard InChI is InChI=1S/C22H16ClNO3S/c23-18-8-4-5-9-20(18)28-17-12-10-15(11-13-17)14-19(22(26)27)24-21(25)16-6-2-1-3-7-16/h1-14H,(H,24,25)(H,26,27)/b19-14+. The number of hydrogen-bond donors (Lipinski definition) is 2. The topological polar surface area (TPSA) is 66.4 Å². The van der Waals surface area contributed by atoms with Crippen LogP contribution in [-0.2, 0) is 4.79 Å². The Labute approximate surface area is 171 Å². The van der Waals surface area contributed by atoms with Gasteiger partial charge in [0, 0.05) is 15.4 Å². The van der Waals surface area contributed by atoms with Gasteiger partial charge in [-0.05, 0) is 48.0 Å². The Hall–Kier alpha value is -3.02. The minimum absolute atomic E-state index is 0.194. The molecule has 0 aliphatic heterocycles. The Morgan fingerprint density at radius 2 is 1.54 bits per heavy atom. The van der Waals surface area contributed by atoms with Crippen molar-refractivity contribution < 1.29 is 14.7 Å². The number of halogens is 1. The normalized spacial score (nSPS) is 11.1. The second-order valence-electron chi connectivity index (χ2n) is 5.78.